The molecule has 0 aliphatic carbocycles. The third-order valence-corrected chi connectivity index (χ3v) is 7.47. The van der Waals surface area contributed by atoms with Crippen molar-refractivity contribution in [2.75, 3.05) is 20.1 Å². The van der Waals surface area contributed by atoms with Crippen molar-refractivity contribution in [2.45, 2.75) is 10.6 Å². The number of sulfonamides is 1. The third-order valence-electron chi connectivity index (χ3n) is 3.97. The summed E-state index contributed by atoms with van der Waals surface area (Å²) in [5.74, 6) is -0.349. The van der Waals surface area contributed by atoms with E-state index in [9.17, 15) is 13.2 Å². The number of aromatic nitrogens is 1. The maximum Gasteiger partial charge on any atom is 0.252 e. The van der Waals surface area contributed by atoms with Gasteiger partial charge in [0, 0.05) is 30.7 Å². The van der Waals surface area contributed by atoms with E-state index in [0.29, 0.717) is 17.3 Å². The van der Waals surface area contributed by atoms with E-state index in [1.54, 1.807) is 0 Å². The lowest BCUT2D eigenvalue weighted by molar-refractivity contribution is -0.121. The number of H-pyrrole nitrogens is 1. The Labute approximate surface area is 160 Å². The van der Waals surface area contributed by atoms with Crippen LogP contribution in [0.2, 0.25) is 4.34 Å². The average molecular weight is 412 g/mol. The van der Waals surface area contributed by atoms with Gasteiger partial charge in [0.05, 0.1) is 10.9 Å². The molecule has 0 spiro atoms. The molecule has 9 heteroatoms. The first kappa shape index (κ1) is 18.9. The minimum absolute atomic E-state index is 0.122. The lowest BCUT2D eigenvalue weighted by Gasteiger charge is -2.15. The number of halogens is 1. The first-order valence-electron chi connectivity index (χ1n) is 7.91. The molecular formula is C17H18ClN3O3S2. The maximum atomic E-state index is 12.4. The second kappa shape index (κ2) is 7.79. The van der Waals surface area contributed by atoms with Crippen molar-refractivity contribution in [3.63, 3.8) is 0 Å². The van der Waals surface area contributed by atoms with Gasteiger partial charge in [-0.25, -0.2) is 8.42 Å². The highest BCUT2D eigenvalue weighted by molar-refractivity contribution is 7.91. The van der Waals surface area contributed by atoms with E-state index in [2.05, 4.69) is 10.3 Å². The smallest absolute Gasteiger partial charge is 0.252 e. The summed E-state index contributed by atoms with van der Waals surface area (Å²) in [4.78, 5) is 15.3. The minimum Gasteiger partial charge on any atom is -0.361 e. The number of hydrogen-bond acceptors (Lipinski definition) is 4. The first-order chi connectivity index (χ1) is 12.4. The molecule has 2 N–H and O–H groups in total. The molecule has 26 heavy (non-hydrogen) atoms. The lowest BCUT2D eigenvalue weighted by Crippen LogP contribution is -2.38. The van der Waals surface area contributed by atoms with E-state index in [1.165, 1.54) is 19.2 Å². The number of aromatic amines is 1. The van der Waals surface area contributed by atoms with E-state index in [0.717, 1.165) is 32.1 Å². The van der Waals surface area contributed by atoms with Gasteiger partial charge in [-0.15, -0.1) is 11.3 Å². The Morgan fingerprint density at radius 3 is 2.77 bits per heavy atom. The van der Waals surface area contributed by atoms with Gasteiger partial charge in [-0.2, -0.15) is 4.31 Å². The van der Waals surface area contributed by atoms with Crippen LogP contribution in [-0.2, 0) is 21.2 Å². The Kier molecular flexibility index (Phi) is 5.67. The summed E-state index contributed by atoms with van der Waals surface area (Å²) < 4.78 is 26.3. The number of thiophene rings is 1. The zero-order valence-corrected chi connectivity index (χ0v) is 16.4. The van der Waals surface area contributed by atoms with Crippen LogP contribution in [0.5, 0.6) is 0 Å². The van der Waals surface area contributed by atoms with Crippen LogP contribution in [0.3, 0.4) is 0 Å². The van der Waals surface area contributed by atoms with Crippen molar-refractivity contribution in [1.29, 1.82) is 0 Å². The van der Waals surface area contributed by atoms with Crippen LogP contribution in [-0.4, -0.2) is 43.8 Å². The average Bonchev–Trinajstić information content (AvgIpc) is 3.22. The number of nitrogens with one attached hydrogen (secondary N) is 2. The maximum absolute atomic E-state index is 12.4. The molecule has 6 nitrogen and oxygen atoms in total. The third kappa shape index (κ3) is 4.09. The second-order valence-corrected chi connectivity index (χ2v) is 9.77. The Balaban J connectivity index is 1.54. The van der Waals surface area contributed by atoms with Crippen molar-refractivity contribution in [3.8, 4) is 0 Å². The molecule has 0 atom stereocenters. The minimum atomic E-state index is -3.71. The number of fused-ring (bicyclic) bond motifs is 1. The van der Waals surface area contributed by atoms with E-state index >= 15 is 0 Å². The monoisotopic (exact) mass is 411 g/mol. The van der Waals surface area contributed by atoms with E-state index < -0.39 is 10.0 Å². The summed E-state index contributed by atoms with van der Waals surface area (Å²) in [5.41, 5.74) is 2.16. The number of amides is 1. The summed E-state index contributed by atoms with van der Waals surface area (Å²) in [7, 11) is -2.33. The number of carbonyl (C=O) groups is 1. The normalized spacial score (nSPS) is 12.0. The molecule has 3 aromatic rings. The standard InChI is InChI=1S/C17H18ClN3O3S2/c1-21(26(23,24)17-7-6-15(18)25-17)11-16(22)19-9-8-12-10-20-14-5-3-2-4-13(12)14/h2-7,10,20H,8-9,11H2,1H3,(H,19,22). The van der Waals surface area contributed by atoms with E-state index in [1.807, 2.05) is 30.5 Å². The molecule has 0 saturated carbocycles. The number of carbonyl (C=O) groups excluding carboxylic acids is 1. The summed E-state index contributed by atoms with van der Waals surface area (Å²) >= 11 is 6.76. The number of rotatable bonds is 7. The number of nitrogens with zero attached hydrogens (tertiary/aromatic N) is 1. The highest BCUT2D eigenvalue weighted by Crippen LogP contribution is 2.27. The molecule has 138 valence electrons. The Hall–Kier alpha value is -1.87. The van der Waals surface area contributed by atoms with Crippen LogP contribution in [0.4, 0.5) is 0 Å². The van der Waals surface area contributed by atoms with Crippen molar-refractivity contribution in [2.24, 2.45) is 0 Å². The molecule has 2 heterocycles. The second-order valence-electron chi connectivity index (χ2n) is 5.78. The highest BCUT2D eigenvalue weighted by Gasteiger charge is 2.24. The summed E-state index contributed by atoms with van der Waals surface area (Å²) in [6, 6.07) is 10.9. The SMILES string of the molecule is CN(CC(=O)NCCc1c[nH]c2ccccc12)S(=O)(=O)c1ccc(Cl)s1. The van der Waals surface area contributed by atoms with Crippen molar-refractivity contribution in [1.82, 2.24) is 14.6 Å². The van der Waals surface area contributed by atoms with Crippen molar-refractivity contribution < 1.29 is 13.2 Å². The van der Waals surface area contributed by atoms with Crippen LogP contribution in [0.25, 0.3) is 10.9 Å². The fourth-order valence-corrected chi connectivity index (χ4v) is 5.43. The molecule has 0 aliphatic rings. The van der Waals surface area contributed by atoms with Gasteiger partial charge >= 0.3 is 0 Å². The Morgan fingerprint density at radius 1 is 1.27 bits per heavy atom. The molecule has 3 rings (SSSR count). The molecule has 1 aromatic carbocycles. The zero-order valence-electron chi connectivity index (χ0n) is 14.0. The molecule has 0 bridgehead atoms. The molecular weight excluding hydrogens is 394 g/mol. The first-order valence-corrected chi connectivity index (χ1v) is 10.5. The van der Waals surface area contributed by atoms with Gasteiger partial charge in [0.15, 0.2) is 0 Å². The van der Waals surface area contributed by atoms with Gasteiger partial charge in [-0.05, 0) is 30.2 Å². The Morgan fingerprint density at radius 2 is 2.04 bits per heavy atom. The van der Waals surface area contributed by atoms with Crippen LogP contribution in [0, 0.1) is 0 Å². The quantitative estimate of drug-likeness (QED) is 0.627. The molecule has 0 radical (unpaired) electrons. The van der Waals surface area contributed by atoms with Gasteiger partial charge in [0.1, 0.15) is 4.21 Å². The zero-order chi connectivity index (χ0) is 18.7. The van der Waals surface area contributed by atoms with Crippen molar-refractivity contribution in [3.05, 3.63) is 52.5 Å². The highest BCUT2D eigenvalue weighted by atomic mass is 35.5. The topological polar surface area (TPSA) is 82.3 Å². The largest absolute Gasteiger partial charge is 0.361 e. The number of para-hydroxylation sites is 1. The van der Waals surface area contributed by atoms with Crippen LogP contribution < -0.4 is 5.32 Å². The summed E-state index contributed by atoms with van der Waals surface area (Å²) in [5, 5.41) is 3.89. The van der Waals surface area contributed by atoms with Gasteiger partial charge in [-0.1, -0.05) is 29.8 Å². The Bertz CT molecular complexity index is 1030. The molecule has 0 saturated heterocycles. The van der Waals surface area contributed by atoms with Gasteiger partial charge in [-0.3, -0.25) is 4.79 Å². The molecule has 0 fully saturated rings. The number of hydrogen-bond donors (Lipinski definition) is 2. The lowest BCUT2D eigenvalue weighted by atomic mass is 10.1. The fourth-order valence-electron chi connectivity index (χ4n) is 2.61. The fraction of sp³-hybridized carbons (Fsp3) is 0.235. The molecule has 2 aromatic heterocycles. The van der Waals surface area contributed by atoms with Crippen LogP contribution in [0.1, 0.15) is 5.56 Å². The van der Waals surface area contributed by atoms with Gasteiger partial charge < -0.3 is 10.3 Å². The summed E-state index contributed by atoms with van der Waals surface area (Å²) in [6.07, 6.45) is 2.58. The van der Waals surface area contributed by atoms with Crippen LogP contribution in [0.15, 0.2) is 46.8 Å². The number of likely N-dealkylation sites (N-methyl/N-ethyl adjacent to an activating group) is 1. The van der Waals surface area contributed by atoms with Crippen molar-refractivity contribution >= 4 is 49.8 Å². The predicted molar refractivity (Wildman–Crippen MR) is 104 cm³/mol. The van der Waals surface area contributed by atoms with Gasteiger partial charge in [0.2, 0.25) is 5.91 Å². The molecule has 1 amide bonds. The van der Waals surface area contributed by atoms with Gasteiger partial charge in [0.25, 0.3) is 10.0 Å². The van der Waals surface area contributed by atoms with Crippen LogP contribution >= 0.6 is 22.9 Å². The van der Waals surface area contributed by atoms with E-state index in [-0.39, 0.29) is 16.7 Å². The number of benzene rings is 1. The molecule has 0 aliphatic heterocycles. The summed E-state index contributed by atoms with van der Waals surface area (Å²) in [6.45, 7) is 0.186. The molecule has 0 unspecified atom stereocenters. The van der Waals surface area contributed by atoms with E-state index in [4.69, 9.17) is 11.6 Å². The predicted octanol–water partition coefficient (Wildman–Crippen LogP) is 2.86.